The highest BCUT2D eigenvalue weighted by Gasteiger charge is 2.22. The number of sulfonamides is 1. The fourth-order valence-electron chi connectivity index (χ4n) is 1.77. The topological polar surface area (TPSA) is 37.4 Å². The molecule has 0 saturated carbocycles. The van der Waals surface area contributed by atoms with Crippen LogP contribution in [0.1, 0.15) is 30.5 Å². The molecule has 0 amide bonds. The van der Waals surface area contributed by atoms with Crippen LogP contribution in [-0.4, -0.2) is 25.0 Å². The van der Waals surface area contributed by atoms with Crippen LogP contribution in [0.15, 0.2) is 18.2 Å². The monoisotopic (exact) mass is 255 g/mol. The summed E-state index contributed by atoms with van der Waals surface area (Å²) in [7, 11) is -1.54. The molecule has 0 spiro atoms. The molecule has 1 aromatic rings. The van der Waals surface area contributed by atoms with Crippen molar-refractivity contribution in [1.82, 2.24) is 4.31 Å². The second-order valence-corrected chi connectivity index (χ2v) is 7.32. The van der Waals surface area contributed by atoms with Crippen LogP contribution in [0, 0.1) is 13.8 Å². The highest BCUT2D eigenvalue weighted by molar-refractivity contribution is 7.89. The zero-order chi connectivity index (χ0) is 13.2. The molecule has 0 aliphatic carbocycles. The Labute approximate surface area is 105 Å². The highest BCUT2D eigenvalue weighted by Crippen LogP contribution is 2.18. The zero-order valence-electron chi connectivity index (χ0n) is 11.2. The van der Waals surface area contributed by atoms with Crippen LogP contribution in [-0.2, 0) is 16.6 Å². The molecule has 0 bridgehead atoms. The van der Waals surface area contributed by atoms with E-state index in [1.807, 2.05) is 32.0 Å². The van der Waals surface area contributed by atoms with Gasteiger partial charge >= 0.3 is 0 Å². The Kier molecular flexibility index (Phi) is 4.33. The van der Waals surface area contributed by atoms with E-state index in [9.17, 15) is 8.42 Å². The zero-order valence-corrected chi connectivity index (χ0v) is 12.0. The molecule has 0 fully saturated rings. The van der Waals surface area contributed by atoms with Gasteiger partial charge in [-0.05, 0) is 44.4 Å². The summed E-state index contributed by atoms with van der Waals surface area (Å²) in [6, 6.07) is 6.02. The standard InChI is InChI=1S/C13H21NO2S/c1-10(2)17(15,16)14(5)9-13-11(3)7-6-8-12(13)4/h6-8,10H,9H2,1-5H3. The average molecular weight is 255 g/mol. The maximum absolute atomic E-state index is 12.0. The first kappa shape index (κ1) is 14.2. The lowest BCUT2D eigenvalue weighted by atomic mass is 10.0. The summed E-state index contributed by atoms with van der Waals surface area (Å²) >= 11 is 0. The van der Waals surface area contributed by atoms with Crippen molar-refractivity contribution in [2.24, 2.45) is 0 Å². The SMILES string of the molecule is Cc1cccc(C)c1CN(C)S(=O)(=O)C(C)C. The normalized spacial score (nSPS) is 12.4. The van der Waals surface area contributed by atoms with Crippen molar-refractivity contribution in [3.8, 4) is 0 Å². The molecule has 0 atom stereocenters. The summed E-state index contributed by atoms with van der Waals surface area (Å²) in [4.78, 5) is 0. The van der Waals surface area contributed by atoms with Crippen LogP contribution in [0.5, 0.6) is 0 Å². The molecule has 1 rings (SSSR count). The molecule has 1 aromatic carbocycles. The van der Waals surface area contributed by atoms with Gasteiger partial charge in [0.2, 0.25) is 10.0 Å². The molecule has 0 saturated heterocycles. The van der Waals surface area contributed by atoms with E-state index in [4.69, 9.17) is 0 Å². The molecule has 0 aliphatic heterocycles. The van der Waals surface area contributed by atoms with Crippen molar-refractivity contribution in [2.75, 3.05) is 7.05 Å². The van der Waals surface area contributed by atoms with E-state index in [1.54, 1.807) is 20.9 Å². The van der Waals surface area contributed by atoms with Crippen molar-refractivity contribution in [3.05, 3.63) is 34.9 Å². The molecule has 17 heavy (non-hydrogen) atoms. The van der Waals surface area contributed by atoms with Crippen LogP contribution < -0.4 is 0 Å². The van der Waals surface area contributed by atoms with Gasteiger partial charge in [-0.3, -0.25) is 0 Å². The van der Waals surface area contributed by atoms with Gasteiger partial charge in [0.1, 0.15) is 0 Å². The number of benzene rings is 1. The van der Waals surface area contributed by atoms with E-state index >= 15 is 0 Å². The Balaban J connectivity index is 3.01. The van der Waals surface area contributed by atoms with Crippen LogP contribution in [0.3, 0.4) is 0 Å². The predicted octanol–water partition coefficient (Wildman–Crippen LogP) is 2.47. The molecular weight excluding hydrogens is 234 g/mol. The van der Waals surface area contributed by atoms with E-state index in [1.165, 1.54) is 4.31 Å². The van der Waals surface area contributed by atoms with Crippen molar-refractivity contribution in [2.45, 2.75) is 39.5 Å². The van der Waals surface area contributed by atoms with Gasteiger partial charge in [-0.1, -0.05) is 18.2 Å². The summed E-state index contributed by atoms with van der Waals surface area (Å²) in [5, 5.41) is -0.378. The molecule has 0 N–H and O–H groups in total. The summed E-state index contributed by atoms with van der Waals surface area (Å²) in [5.41, 5.74) is 3.37. The van der Waals surface area contributed by atoms with Gasteiger partial charge in [0.15, 0.2) is 0 Å². The van der Waals surface area contributed by atoms with Gasteiger partial charge < -0.3 is 0 Å². The van der Waals surface area contributed by atoms with Gasteiger partial charge in [-0.25, -0.2) is 12.7 Å². The van der Waals surface area contributed by atoms with Crippen LogP contribution in [0.4, 0.5) is 0 Å². The molecule has 3 nitrogen and oxygen atoms in total. The molecular formula is C13H21NO2S. The van der Waals surface area contributed by atoms with Crippen LogP contribution >= 0.6 is 0 Å². The lowest BCUT2D eigenvalue weighted by Gasteiger charge is -2.21. The molecule has 4 heteroatoms. The lowest BCUT2D eigenvalue weighted by Crippen LogP contribution is -2.33. The minimum atomic E-state index is -3.18. The molecule has 96 valence electrons. The van der Waals surface area contributed by atoms with Gasteiger partial charge in [-0.2, -0.15) is 0 Å². The van der Waals surface area contributed by atoms with Crippen LogP contribution in [0.25, 0.3) is 0 Å². The van der Waals surface area contributed by atoms with Crippen molar-refractivity contribution in [3.63, 3.8) is 0 Å². The minimum Gasteiger partial charge on any atom is -0.212 e. The Morgan fingerprint density at radius 2 is 1.65 bits per heavy atom. The largest absolute Gasteiger partial charge is 0.216 e. The predicted molar refractivity (Wildman–Crippen MR) is 71.4 cm³/mol. The van der Waals surface area contributed by atoms with Gasteiger partial charge in [0.05, 0.1) is 5.25 Å². The third-order valence-corrected chi connectivity index (χ3v) is 5.24. The fraction of sp³-hybridized carbons (Fsp3) is 0.538. The number of hydrogen-bond donors (Lipinski definition) is 0. The number of hydrogen-bond acceptors (Lipinski definition) is 2. The van der Waals surface area contributed by atoms with E-state index in [0.717, 1.165) is 16.7 Å². The Hall–Kier alpha value is -0.870. The number of aryl methyl sites for hydroxylation is 2. The molecule has 0 radical (unpaired) electrons. The third-order valence-electron chi connectivity index (χ3n) is 3.06. The minimum absolute atomic E-state index is 0.378. The maximum atomic E-state index is 12.0. The molecule has 0 aromatic heterocycles. The van der Waals surface area contributed by atoms with E-state index < -0.39 is 10.0 Å². The Morgan fingerprint density at radius 1 is 1.18 bits per heavy atom. The summed E-state index contributed by atoms with van der Waals surface area (Å²) in [5.74, 6) is 0. The van der Waals surface area contributed by atoms with E-state index in [-0.39, 0.29) is 5.25 Å². The molecule has 0 unspecified atom stereocenters. The number of rotatable bonds is 4. The van der Waals surface area contributed by atoms with Crippen LogP contribution in [0.2, 0.25) is 0 Å². The van der Waals surface area contributed by atoms with E-state index in [2.05, 4.69) is 0 Å². The third kappa shape index (κ3) is 3.07. The molecule has 0 heterocycles. The second-order valence-electron chi connectivity index (χ2n) is 4.72. The molecule has 0 aliphatic rings. The second kappa shape index (κ2) is 5.19. The van der Waals surface area contributed by atoms with Gasteiger partial charge in [0, 0.05) is 13.6 Å². The average Bonchev–Trinajstić information content (AvgIpc) is 2.23. The lowest BCUT2D eigenvalue weighted by molar-refractivity contribution is 0.458. The Morgan fingerprint density at radius 3 is 2.06 bits per heavy atom. The fourth-order valence-corrected chi connectivity index (χ4v) is 2.80. The smallest absolute Gasteiger partial charge is 0.212 e. The van der Waals surface area contributed by atoms with Crippen molar-refractivity contribution in [1.29, 1.82) is 0 Å². The van der Waals surface area contributed by atoms with Crippen molar-refractivity contribution < 1.29 is 8.42 Å². The van der Waals surface area contributed by atoms with Crippen molar-refractivity contribution >= 4 is 10.0 Å². The summed E-state index contributed by atoms with van der Waals surface area (Å²) in [6.07, 6.45) is 0. The van der Waals surface area contributed by atoms with E-state index in [0.29, 0.717) is 6.54 Å². The maximum Gasteiger partial charge on any atom is 0.216 e. The summed E-state index contributed by atoms with van der Waals surface area (Å²) in [6.45, 7) is 7.88. The quantitative estimate of drug-likeness (QED) is 0.829. The number of nitrogens with zero attached hydrogens (tertiary/aromatic N) is 1. The van der Waals surface area contributed by atoms with Gasteiger partial charge in [-0.15, -0.1) is 0 Å². The first-order chi connectivity index (χ1) is 7.76. The first-order valence-corrected chi connectivity index (χ1v) is 7.27. The Bertz CT molecular complexity index is 472. The highest BCUT2D eigenvalue weighted by atomic mass is 32.2. The summed E-state index contributed by atoms with van der Waals surface area (Å²) < 4.78 is 25.4. The first-order valence-electron chi connectivity index (χ1n) is 5.77. The van der Waals surface area contributed by atoms with Gasteiger partial charge in [0.25, 0.3) is 0 Å².